The molecule has 0 bridgehead atoms. The van der Waals surface area contributed by atoms with Crippen LogP contribution in [0.15, 0.2) is 18.2 Å². The summed E-state index contributed by atoms with van der Waals surface area (Å²) in [5.74, 6) is 2.11. The Morgan fingerprint density at radius 1 is 1.05 bits per heavy atom. The number of rotatable bonds is 6. The molecule has 0 aliphatic heterocycles. The van der Waals surface area contributed by atoms with Crippen LogP contribution in [-0.2, 0) is 4.74 Å². The van der Waals surface area contributed by atoms with Crippen LogP contribution in [-0.4, -0.2) is 27.4 Å². The highest BCUT2D eigenvalue weighted by molar-refractivity contribution is 5.42. The van der Waals surface area contributed by atoms with Crippen LogP contribution in [0.5, 0.6) is 11.5 Å². The molecule has 0 heterocycles. The Morgan fingerprint density at radius 2 is 1.76 bits per heavy atom. The Labute approximate surface area is 127 Å². The van der Waals surface area contributed by atoms with E-state index in [9.17, 15) is 0 Å². The molecule has 0 spiro atoms. The molecule has 0 saturated heterocycles. The van der Waals surface area contributed by atoms with Gasteiger partial charge in [-0.05, 0) is 37.0 Å². The average Bonchev–Trinajstić information content (AvgIpc) is 2.55. The topological polar surface area (TPSA) is 53.7 Å². The van der Waals surface area contributed by atoms with Gasteiger partial charge in [0.1, 0.15) is 11.5 Å². The second kappa shape index (κ2) is 7.66. The fourth-order valence-electron chi connectivity index (χ4n) is 3.37. The van der Waals surface area contributed by atoms with Gasteiger partial charge < -0.3 is 19.9 Å². The van der Waals surface area contributed by atoms with E-state index in [1.807, 2.05) is 18.2 Å². The molecule has 2 N–H and O–H groups in total. The number of hydrogen-bond acceptors (Lipinski definition) is 4. The number of hydrogen-bond donors (Lipinski definition) is 1. The number of methoxy groups -OCH3 is 3. The van der Waals surface area contributed by atoms with E-state index in [2.05, 4.69) is 0 Å². The van der Waals surface area contributed by atoms with E-state index in [-0.39, 0.29) is 12.1 Å². The molecule has 0 radical (unpaired) electrons. The van der Waals surface area contributed by atoms with Gasteiger partial charge in [0.2, 0.25) is 0 Å². The second-order valence-electron chi connectivity index (χ2n) is 5.73. The van der Waals surface area contributed by atoms with Crippen LogP contribution < -0.4 is 15.2 Å². The highest BCUT2D eigenvalue weighted by Gasteiger charge is 2.31. The lowest BCUT2D eigenvalue weighted by molar-refractivity contribution is 0.0167. The van der Waals surface area contributed by atoms with E-state index in [1.54, 1.807) is 21.3 Å². The summed E-state index contributed by atoms with van der Waals surface area (Å²) in [6, 6.07) is 5.54. The quantitative estimate of drug-likeness (QED) is 0.874. The fraction of sp³-hybridized carbons (Fsp3) is 0.647. The van der Waals surface area contributed by atoms with Gasteiger partial charge in [-0.15, -0.1) is 0 Å². The van der Waals surface area contributed by atoms with Gasteiger partial charge in [-0.25, -0.2) is 0 Å². The minimum atomic E-state index is -0.205. The monoisotopic (exact) mass is 293 g/mol. The van der Waals surface area contributed by atoms with Gasteiger partial charge in [-0.3, -0.25) is 0 Å². The van der Waals surface area contributed by atoms with E-state index < -0.39 is 0 Å². The van der Waals surface area contributed by atoms with E-state index in [1.165, 1.54) is 32.1 Å². The molecule has 2 atom stereocenters. The fourth-order valence-corrected chi connectivity index (χ4v) is 3.37. The summed E-state index contributed by atoms with van der Waals surface area (Å²) in [7, 11) is 5.08. The molecule has 2 rings (SSSR count). The summed E-state index contributed by atoms with van der Waals surface area (Å²) in [5, 5.41) is 0. The Hall–Kier alpha value is -1.26. The first-order valence-electron chi connectivity index (χ1n) is 7.71. The maximum atomic E-state index is 6.52. The van der Waals surface area contributed by atoms with Gasteiger partial charge in [-0.1, -0.05) is 19.3 Å². The molecule has 1 aromatic carbocycles. The predicted octanol–water partition coefficient (Wildman–Crippen LogP) is 3.30. The molecule has 4 heteroatoms. The number of nitrogens with two attached hydrogens (primary N) is 1. The average molecular weight is 293 g/mol. The van der Waals surface area contributed by atoms with Crippen LogP contribution in [0.3, 0.4) is 0 Å². The Kier molecular flexibility index (Phi) is 5.88. The van der Waals surface area contributed by atoms with Gasteiger partial charge in [0.25, 0.3) is 0 Å². The van der Waals surface area contributed by atoms with E-state index >= 15 is 0 Å². The zero-order valence-electron chi connectivity index (χ0n) is 13.3. The maximum absolute atomic E-state index is 6.52. The van der Waals surface area contributed by atoms with E-state index in [0.717, 1.165) is 17.1 Å². The summed E-state index contributed by atoms with van der Waals surface area (Å²) < 4.78 is 16.5. The van der Waals surface area contributed by atoms with Crippen molar-refractivity contribution in [3.05, 3.63) is 23.8 Å². The van der Waals surface area contributed by atoms with E-state index in [4.69, 9.17) is 19.9 Å². The van der Waals surface area contributed by atoms with Crippen molar-refractivity contribution in [3.63, 3.8) is 0 Å². The first-order valence-corrected chi connectivity index (χ1v) is 7.71. The summed E-state index contributed by atoms with van der Waals surface area (Å²) in [6.45, 7) is 0. The SMILES string of the molecule is COc1ccc(OC)c(C(N)C(OC)C2CCCCC2)c1. The molecular weight excluding hydrogens is 266 g/mol. The zero-order valence-corrected chi connectivity index (χ0v) is 13.3. The van der Waals surface area contributed by atoms with Crippen LogP contribution >= 0.6 is 0 Å². The van der Waals surface area contributed by atoms with Crippen molar-refractivity contribution >= 4 is 0 Å². The van der Waals surface area contributed by atoms with Gasteiger partial charge in [0.15, 0.2) is 0 Å². The predicted molar refractivity (Wildman–Crippen MR) is 83.8 cm³/mol. The molecule has 1 aromatic rings. The van der Waals surface area contributed by atoms with Crippen LogP contribution in [0, 0.1) is 5.92 Å². The highest BCUT2D eigenvalue weighted by Crippen LogP contribution is 2.37. The van der Waals surface area contributed by atoms with Gasteiger partial charge >= 0.3 is 0 Å². The third-order valence-corrected chi connectivity index (χ3v) is 4.54. The molecule has 21 heavy (non-hydrogen) atoms. The third-order valence-electron chi connectivity index (χ3n) is 4.54. The molecule has 1 aliphatic carbocycles. The molecular formula is C17H27NO3. The largest absolute Gasteiger partial charge is 0.497 e. The van der Waals surface area contributed by atoms with Gasteiger partial charge in [0.05, 0.1) is 26.4 Å². The van der Waals surface area contributed by atoms with Crippen molar-refractivity contribution in [3.8, 4) is 11.5 Å². The first-order chi connectivity index (χ1) is 10.2. The van der Waals surface area contributed by atoms with Crippen LogP contribution in [0.25, 0.3) is 0 Å². The van der Waals surface area contributed by atoms with Gasteiger partial charge in [0, 0.05) is 12.7 Å². The van der Waals surface area contributed by atoms with E-state index in [0.29, 0.717) is 5.92 Å². The van der Waals surface area contributed by atoms with Crippen LogP contribution in [0.4, 0.5) is 0 Å². The summed E-state index contributed by atoms with van der Waals surface area (Å²) in [5.41, 5.74) is 7.47. The minimum absolute atomic E-state index is 0.0197. The standard InChI is InChI=1S/C17H27NO3/c1-19-13-9-10-15(20-2)14(11-13)16(18)17(21-3)12-7-5-4-6-8-12/h9-12,16-17H,4-8,18H2,1-3H3. The molecule has 4 nitrogen and oxygen atoms in total. The highest BCUT2D eigenvalue weighted by atomic mass is 16.5. The molecule has 1 saturated carbocycles. The van der Waals surface area contributed by atoms with Crippen molar-refractivity contribution in [2.75, 3.05) is 21.3 Å². The lowest BCUT2D eigenvalue weighted by Crippen LogP contribution is -2.36. The Morgan fingerprint density at radius 3 is 2.33 bits per heavy atom. The number of ether oxygens (including phenoxy) is 3. The molecule has 2 unspecified atom stereocenters. The van der Waals surface area contributed by atoms with Crippen molar-refractivity contribution in [2.45, 2.75) is 44.2 Å². The van der Waals surface area contributed by atoms with Crippen LogP contribution in [0.1, 0.15) is 43.7 Å². The second-order valence-corrected chi connectivity index (χ2v) is 5.73. The lowest BCUT2D eigenvalue weighted by Gasteiger charge is -2.33. The third kappa shape index (κ3) is 3.69. The normalized spacial score (nSPS) is 19.0. The number of benzene rings is 1. The summed E-state index contributed by atoms with van der Waals surface area (Å²) in [4.78, 5) is 0. The molecule has 0 amide bonds. The van der Waals surface area contributed by atoms with Crippen molar-refractivity contribution in [1.82, 2.24) is 0 Å². The van der Waals surface area contributed by atoms with Crippen molar-refractivity contribution < 1.29 is 14.2 Å². The zero-order chi connectivity index (χ0) is 15.2. The first kappa shape index (κ1) is 16.1. The Bertz CT molecular complexity index is 444. The van der Waals surface area contributed by atoms with Gasteiger partial charge in [-0.2, -0.15) is 0 Å². The Balaban J connectivity index is 2.25. The molecule has 1 fully saturated rings. The molecule has 118 valence electrons. The van der Waals surface area contributed by atoms with Crippen molar-refractivity contribution in [1.29, 1.82) is 0 Å². The van der Waals surface area contributed by atoms with Crippen LogP contribution in [0.2, 0.25) is 0 Å². The lowest BCUT2D eigenvalue weighted by atomic mass is 9.81. The maximum Gasteiger partial charge on any atom is 0.123 e. The molecule has 1 aliphatic rings. The van der Waals surface area contributed by atoms with Crippen molar-refractivity contribution in [2.24, 2.45) is 11.7 Å². The summed E-state index contributed by atoms with van der Waals surface area (Å²) in [6.07, 6.45) is 6.27. The summed E-state index contributed by atoms with van der Waals surface area (Å²) >= 11 is 0. The smallest absolute Gasteiger partial charge is 0.123 e. The minimum Gasteiger partial charge on any atom is -0.497 e. The molecule has 0 aromatic heterocycles.